The van der Waals surface area contributed by atoms with E-state index in [9.17, 15) is 0 Å². The molecule has 3 atom stereocenters. The topological polar surface area (TPSA) is 90.7 Å². The van der Waals surface area contributed by atoms with Gasteiger partial charge in [-0.1, -0.05) is 17.7 Å². The summed E-state index contributed by atoms with van der Waals surface area (Å²) in [6.07, 6.45) is 8.33. The summed E-state index contributed by atoms with van der Waals surface area (Å²) in [6.45, 7) is 4.18. The number of pyridine rings is 1. The number of aryl methyl sites for hydroxylation is 1. The van der Waals surface area contributed by atoms with Crippen molar-refractivity contribution in [3.63, 3.8) is 0 Å². The first-order valence-electron chi connectivity index (χ1n) is 9.83. The zero-order chi connectivity index (χ0) is 19.7. The van der Waals surface area contributed by atoms with Crippen molar-refractivity contribution in [1.29, 1.82) is 0 Å². The summed E-state index contributed by atoms with van der Waals surface area (Å²) >= 11 is 0. The van der Waals surface area contributed by atoms with Crippen molar-refractivity contribution in [1.82, 2.24) is 15.0 Å². The van der Waals surface area contributed by atoms with Gasteiger partial charge in [0.2, 0.25) is 0 Å². The first-order valence-corrected chi connectivity index (χ1v) is 9.83. The Morgan fingerprint density at radius 1 is 1.14 bits per heavy atom. The van der Waals surface area contributed by atoms with Crippen molar-refractivity contribution >= 4 is 23.1 Å². The number of hydrogen-bond donors (Lipinski definition) is 2. The zero-order valence-electron chi connectivity index (χ0n) is 16.5. The second-order valence-electron chi connectivity index (χ2n) is 8.24. The predicted molar refractivity (Wildman–Crippen MR) is 115 cm³/mol. The molecule has 5 nitrogen and oxygen atoms in total. The van der Waals surface area contributed by atoms with Crippen LogP contribution in [0, 0.1) is 6.92 Å². The molecule has 3 unspecified atom stereocenters. The Morgan fingerprint density at radius 3 is 2.75 bits per heavy atom. The molecule has 2 aromatic heterocycles. The zero-order valence-corrected chi connectivity index (χ0v) is 16.5. The SMILES string of the molecule is Cc1ccc2nc(/C=C\c3ccccn3)nc(C3CCC(C)(N)CC3N)c2c1. The molecule has 1 fully saturated rings. The van der Waals surface area contributed by atoms with Gasteiger partial charge >= 0.3 is 0 Å². The van der Waals surface area contributed by atoms with Crippen LogP contribution >= 0.6 is 0 Å². The van der Waals surface area contributed by atoms with Gasteiger partial charge in [0.05, 0.1) is 16.9 Å². The molecule has 1 saturated carbocycles. The molecular weight excluding hydrogens is 346 g/mol. The van der Waals surface area contributed by atoms with E-state index in [1.54, 1.807) is 6.20 Å². The molecule has 1 aliphatic carbocycles. The minimum absolute atomic E-state index is 0.00465. The summed E-state index contributed by atoms with van der Waals surface area (Å²) in [7, 11) is 0. The lowest BCUT2D eigenvalue weighted by Gasteiger charge is -2.38. The molecule has 0 spiro atoms. The van der Waals surface area contributed by atoms with Crippen molar-refractivity contribution in [2.24, 2.45) is 11.5 Å². The van der Waals surface area contributed by atoms with Gasteiger partial charge in [-0.05, 0) is 69.5 Å². The fraction of sp³-hybridized carbons (Fsp3) is 0.348. The van der Waals surface area contributed by atoms with Crippen LogP contribution in [0.3, 0.4) is 0 Å². The van der Waals surface area contributed by atoms with Gasteiger partial charge in [0, 0.05) is 29.1 Å². The molecule has 4 rings (SSSR count). The largest absolute Gasteiger partial charge is 0.327 e. The summed E-state index contributed by atoms with van der Waals surface area (Å²) in [5.41, 5.74) is 16.8. The molecule has 0 aliphatic heterocycles. The molecular formula is C23H27N5. The molecule has 0 radical (unpaired) electrons. The third kappa shape index (κ3) is 3.96. The number of rotatable bonds is 3. The van der Waals surface area contributed by atoms with Gasteiger partial charge in [-0.2, -0.15) is 0 Å². The fourth-order valence-electron chi connectivity index (χ4n) is 4.10. The Bertz CT molecular complexity index is 1010. The monoisotopic (exact) mass is 373 g/mol. The number of fused-ring (bicyclic) bond motifs is 1. The van der Waals surface area contributed by atoms with Crippen molar-refractivity contribution in [2.45, 2.75) is 50.6 Å². The van der Waals surface area contributed by atoms with E-state index in [1.807, 2.05) is 30.4 Å². The number of hydrogen-bond acceptors (Lipinski definition) is 5. The van der Waals surface area contributed by atoms with E-state index in [4.69, 9.17) is 21.4 Å². The van der Waals surface area contributed by atoms with E-state index in [0.29, 0.717) is 5.82 Å². The number of nitrogens with zero attached hydrogens (tertiary/aromatic N) is 3. The summed E-state index contributed by atoms with van der Waals surface area (Å²) in [5.74, 6) is 0.871. The summed E-state index contributed by atoms with van der Waals surface area (Å²) in [5, 5.41) is 1.09. The van der Waals surface area contributed by atoms with Gasteiger partial charge in [-0.25, -0.2) is 9.97 Å². The lowest BCUT2D eigenvalue weighted by Crippen LogP contribution is -2.49. The molecule has 3 aromatic rings. The van der Waals surface area contributed by atoms with Crippen LogP contribution in [0.2, 0.25) is 0 Å². The van der Waals surface area contributed by atoms with Gasteiger partial charge in [0.25, 0.3) is 0 Å². The quantitative estimate of drug-likeness (QED) is 0.728. The summed E-state index contributed by atoms with van der Waals surface area (Å²) < 4.78 is 0. The van der Waals surface area contributed by atoms with Crippen LogP contribution in [-0.2, 0) is 0 Å². The van der Waals surface area contributed by atoms with Crippen molar-refractivity contribution in [3.8, 4) is 0 Å². The first-order chi connectivity index (χ1) is 13.4. The third-order valence-corrected chi connectivity index (χ3v) is 5.59. The third-order valence-electron chi connectivity index (χ3n) is 5.59. The molecule has 144 valence electrons. The Balaban J connectivity index is 1.77. The van der Waals surface area contributed by atoms with Gasteiger partial charge in [-0.15, -0.1) is 0 Å². The lowest BCUT2D eigenvalue weighted by molar-refractivity contribution is 0.261. The van der Waals surface area contributed by atoms with E-state index < -0.39 is 0 Å². The minimum Gasteiger partial charge on any atom is -0.327 e. The fourth-order valence-corrected chi connectivity index (χ4v) is 4.10. The highest BCUT2D eigenvalue weighted by molar-refractivity contribution is 5.83. The van der Waals surface area contributed by atoms with Crippen molar-refractivity contribution < 1.29 is 0 Å². The molecule has 0 amide bonds. The highest BCUT2D eigenvalue weighted by atomic mass is 14.9. The van der Waals surface area contributed by atoms with Crippen molar-refractivity contribution in [3.05, 3.63) is 65.4 Å². The maximum atomic E-state index is 6.56. The number of nitrogens with two attached hydrogens (primary N) is 2. The van der Waals surface area contributed by atoms with E-state index in [-0.39, 0.29) is 17.5 Å². The predicted octanol–water partition coefficient (Wildman–Crippen LogP) is 3.82. The molecule has 1 aliphatic rings. The van der Waals surface area contributed by atoms with E-state index in [2.05, 4.69) is 37.0 Å². The van der Waals surface area contributed by atoms with Crippen LogP contribution in [0.5, 0.6) is 0 Å². The molecule has 1 aromatic carbocycles. The molecule has 4 N–H and O–H groups in total. The minimum atomic E-state index is -0.198. The van der Waals surface area contributed by atoms with E-state index in [1.165, 1.54) is 5.56 Å². The Kier molecular flexibility index (Phi) is 4.96. The lowest BCUT2D eigenvalue weighted by atomic mass is 9.73. The highest BCUT2D eigenvalue weighted by Gasteiger charge is 2.35. The van der Waals surface area contributed by atoms with Crippen LogP contribution < -0.4 is 11.5 Å². The first kappa shape index (κ1) is 18.7. The Morgan fingerprint density at radius 2 is 2.00 bits per heavy atom. The molecule has 5 heteroatoms. The van der Waals surface area contributed by atoms with Gasteiger partial charge in [-0.3, -0.25) is 4.98 Å². The Labute approximate surface area is 165 Å². The summed E-state index contributed by atoms with van der Waals surface area (Å²) in [4.78, 5) is 14.0. The second-order valence-corrected chi connectivity index (χ2v) is 8.24. The van der Waals surface area contributed by atoms with Crippen molar-refractivity contribution in [2.75, 3.05) is 0 Å². The van der Waals surface area contributed by atoms with Gasteiger partial charge < -0.3 is 11.5 Å². The maximum absolute atomic E-state index is 6.56. The van der Waals surface area contributed by atoms with Crippen LogP contribution in [0.15, 0.2) is 42.6 Å². The molecule has 28 heavy (non-hydrogen) atoms. The molecule has 2 heterocycles. The average Bonchev–Trinajstić information content (AvgIpc) is 2.66. The maximum Gasteiger partial charge on any atom is 0.152 e. The van der Waals surface area contributed by atoms with Gasteiger partial charge in [0.1, 0.15) is 0 Å². The van der Waals surface area contributed by atoms with Crippen LogP contribution in [0.1, 0.15) is 54.9 Å². The average molecular weight is 374 g/mol. The molecule has 0 saturated heterocycles. The second kappa shape index (κ2) is 7.41. The van der Waals surface area contributed by atoms with Gasteiger partial charge in [0.15, 0.2) is 5.82 Å². The summed E-state index contributed by atoms with van der Waals surface area (Å²) in [6, 6.07) is 12.1. The Hall–Kier alpha value is -2.63. The normalized spacial score (nSPS) is 25.4. The van der Waals surface area contributed by atoms with Crippen LogP contribution in [-0.4, -0.2) is 26.5 Å². The standard InChI is InChI=1S/C23H27N5/c1-15-6-8-20-18(13-15)22(17-10-11-23(2,25)14-19(17)24)28-21(27-20)9-7-16-5-3-4-12-26-16/h3-9,12-13,17,19H,10-11,14,24-25H2,1-2H3/b9-7-. The van der Waals surface area contributed by atoms with E-state index >= 15 is 0 Å². The number of aromatic nitrogens is 3. The molecule has 0 bridgehead atoms. The van der Waals surface area contributed by atoms with E-state index in [0.717, 1.165) is 41.6 Å². The smallest absolute Gasteiger partial charge is 0.152 e. The van der Waals surface area contributed by atoms with Crippen LogP contribution in [0.4, 0.5) is 0 Å². The highest BCUT2D eigenvalue weighted by Crippen LogP contribution is 2.38. The van der Waals surface area contributed by atoms with Crippen LogP contribution in [0.25, 0.3) is 23.1 Å². The number of benzene rings is 1.